The molecule has 15 heavy (non-hydrogen) atoms. The lowest BCUT2D eigenvalue weighted by Gasteiger charge is -2.30. The van der Waals surface area contributed by atoms with Crippen molar-refractivity contribution in [3.05, 3.63) is 0 Å². The topological polar surface area (TPSA) is 21.3 Å². The maximum absolute atomic E-state index is 5.48. The molecular weight excluding hydrogens is 186 g/mol. The van der Waals surface area contributed by atoms with Gasteiger partial charge in [0.2, 0.25) is 0 Å². The molecule has 0 aliphatic carbocycles. The van der Waals surface area contributed by atoms with Crippen LogP contribution in [0.2, 0.25) is 0 Å². The van der Waals surface area contributed by atoms with Crippen LogP contribution in [-0.4, -0.2) is 25.8 Å². The van der Waals surface area contributed by atoms with Gasteiger partial charge in [0, 0.05) is 13.2 Å². The van der Waals surface area contributed by atoms with Gasteiger partial charge in [-0.3, -0.25) is 0 Å². The fraction of sp³-hybridized carbons (Fsp3) is 1.00. The molecule has 1 N–H and O–H groups in total. The SMILES string of the molecule is CCC(CC)CC(CC(C)(C)OC)NC. The molecule has 2 heteroatoms. The molecule has 0 aliphatic rings. The van der Waals surface area contributed by atoms with Gasteiger partial charge in [-0.05, 0) is 39.7 Å². The standard InChI is InChI=1S/C13H29NO/c1-7-11(8-2)9-12(14-5)10-13(3,4)15-6/h11-12,14H,7-10H2,1-6H3. The van der Waals surface area contributed by atoms with Crippen LogP contribution in [-0.2, 0) is 4.74 Å². The van der Waals surface area contributed by atoms with Crippen LogP contribution in [0.15, 0.2) is 0 Å². The largest absolute Gasteiger partial charge is 0.379 e. The first-order valence-corrected chi connectivity index (χ1v) is 6.21. The molecule has 0 radical (unpaired) electrons. The lowest BCUT2D eigenvalue weighted by molar-refractivity contribution is 0.00556. The zero-order valence-electron chi connectivity index (χ0n) is 11.4. The molecule has 0 saturated heterocycles. The van der Waals surface area contributed by atoms with Gasteiger partial charge in [0.25, 0.3) is 0 Å². The summed E-state index contributed by atoms with van der Waals surface area (Å²) < 4.78 is 5.48. The molecule has 0 aromatic rings. The highest BCUT2D eigenvalue weighted by Gasteiger charge is 2.23. The van der Waals surface area contributed by atoms with E-state index < -0.39 is 0 Å². The maximum atomic E-state index is 5.48. The molecule has 0 saturated carbocycles. The molecule has 0 aliphatic heterocycles. The summed E-state index contributed by atoms with van der Waals surface area (Å²) >= 11 is 0. The summed E-state index contributed by atoms with van der Waals surface area (Å²) in [5.74, 6) is 0.843. The van der Waals surface area contributed by atoms with E-state index in [1.54, 1.807) is 7.11 Å². The predicted octanol–water partition coefficient (Wildman–Crippen LogP) is 3.22. The quantitative estimate of drug-likeness (QED) is 0.671. The summed E-state index contributed by atoms with van der Waals surface area (Å²) in [6, 6.07) is 0.574. The third kappa shape index (κ3) is 6.16. The molecule has 0 amide bonds. The first kappa shape index (κ1) is 14.9. The first-order chi connectivity index (χ1) is 6.99. The van der Waals surface area contributed by atoms with Gasteiger partial charge < -0.3 is 10.1 Å². The Labute approximate surface area is 95.8 Å². The fourth-order valence-corrected chi connectivity index (χ4v) is 2.00. The van der Waals surface area contributed by atoms with Crippen LogP contribution in [0.4, 0.5) is 0 Å². The highest BCUT2D eigenvalue weighted by Crippen LogP contribution is 2.22. The van der Waals surface area contributed by atoms with E-state index in [0.717, 1.165) is 12.3 Å². The Morgan fingerprint density at radius 2 is 1.73 bits per heavy atom. The van der Waals surface area contributed by atoms with Crippen LogP contribution in [0.3, 0.4) is 0 Å². The summed E-state index contributed by atoms with van der Waals surface area (Å²) in [6.45, 7) is 8.87. The molecule has 0 rings (SSSR count). The molecule has 2 nitrogen and oxygen atoms in total. The Bertz CT molecular complexity index is 153. The highest BCUT2D eigenvalue weighted by atomic mass is 16.5. The Kier molecular flexibility index (Phi) is 7.20. The van der Waals surface area contributed by atoms with Crippen molar-refractivity contribution in [2.24, 2.45) is 5.92 Å². The third-order valence-electron chi connectivity index (χ3n) is 3.47. The molecule has 0 bridgehead atoms. The van der Waals surface area contributed by atoms with Crippen molar-refractivity contribution < 1.29 is 4.74 Å². The second kappa shape index (κ2) is 7.24. The minimum absolute atomic E-state index is 0.0142. The number of nitrogens with one attached hydrogen (secondary N) is 1. The van der Waals surface area contributed by atoms with Crippen LogP contribution in [0.5, 0.6) is 0 Å². The van der Waals surface area contributed by atoms with Crippen molar-refractivity contribution in [2.75, 3.05) is 14.2 Å². The zero-order valence-corrected chi connectivity index (χ0v) is 11.4. The molecule has 1 unspecified atom stereocenters. The summed E-state index contributed by atoms with van der Waals surface area (Å²) in [7, 11) is 3.85. The number of hydrogen-bond acceptors (Lipinski definition) is 2. The zero-order chi connectivity index (χ0) is 11.9. The van der Waals surface area contributed by atoms with Gasteiger partial charge in [0.05, 0.1) is 5.60 Å². The van der Waals surface area contributed by atoms with Crippen molar-refractivity contribution in [1.82, 2.24) is 5.32 Å². The number of rotatable bonds is 8. The van der Waals surface area contributed by atoms with Crippen molar-refractivity contribution >= 4 is 0 Å². The van der Waals surface area contributed by atoms with Gasteiger partial charge in [-0.1, -0.05) is 26.7 Å². The van der Waals surface area contributed by atoms with Crippen LogP contribution >= 0.6 is 0 Å². The normalized spacial score (nSPS) is 14.6. The monoisotopic (exact) mass is 215 g/mol. The fourth-order valence-electron chi connectivity index (χ4n) is 2.00. The molecule has 0 heterocycles. The van der Waals surface area contributed by atoms with Gasteiger partial charge in [-0.25, -0.2) is 0 Å². The summed E-state index contributed by atoms with van der Waals surface area (Å²) in [4.78, 5) is 0. The molecule has 0 spiro atoms. The predicted molar refractivity (Wildman–Crippen MR) is 67.2 cm³/mol. The number of hydrogen-bond donors (Lipinski definition) is 1. The van der Waals surface area contributed by atoms with Crippen LogP contribution < -0.4 is 5.32 Å². The Morgan fingerprint density at radius 1 is 1.20 bits per heavy atom. The molecule has 0 aromatic heterocycles. The average Bonchev–Trinajstić information content (AvgIpc) is 2.24. The first-order valence-electron chi connectivity index (χ1n) is 6.21. The van der Waals surface area contributed by atoms with Gasteiger partial charge in [0.1, 0.15) is 0 Å². The molecule has 1 atom stereocenters. The maximum Gasteiger partial charge on any atom is 0.0637 e. The smallest absolute Gasteiger partial charge is 0.0637 e. The second-order valence-corrected chi connectivity index (χ2v) is 5.07. The van der Waals surface area contributed by atoms with Gasteiger partial charge >= 0.3 is 0 Å². The van der Waals surface area contributed by atoms with Gasteiger partial charge in [-0.15, -0.1) is 0 Å². The van der Waals surface area contributed by atoms with Crippen LogP contribution in [0.1, 0.15) is 53.4 Å². The molecule has 0 aromatic carbocycles. The molecule has 0 fully saturated rings. The Hall–Kier alpha value is -0.0800. The van der Waals surface area contributed by atoms with Crippen molar-refractivity contribution in [3.8, 4) is 0 Å². The minimum atomic E-state index is -0.0142. The highest BCUT2D eigenvalue weighted by molar-refractivity contribution is 4.79. The second-order valence-electron chi connectivity index (χ2n) is 5.07. The minimum Gasteiger partial charge on any atom is -0.379 e. The van der Waals surface area contributed by atoms with Crippen LogP contribution in [0.25, 0.3) is 0 Å². The van der Waals surface area contributed by atoms with Gasteiger partial charge in [0.15, 0.2) is 0 Å². The Morgan fingerprint density at radius 3 is 2.07 bits per heavy atom. The van der Waals surface area contributed by atoms with Crippen molar-refractivity contribution in [2.45, 2.75) is 65.0 Å². The summed E-state index contributed by atoms with van der Waals surface area (Å²) in [5.41, 5.74) is -0.0142. The third-order valence-corrected chi connectivity index (χ3v) is 3.47. The lowest BCUT2D eigenvalue weighted by atomic mass is 9.89. The number of methoxy groups -OCH3 is 1. The number of ether oxygens (including phenoxy) is 1. The van der Waals surface area contributed by atoms with Crippen molar-refractivity contribution in [1.29, 1.82) is 0 Å². The molecular formula is C13H29NO. The summed E-state index contributed by atoms with van der Waals surface area (Å²) in [5, 5.41) is 3.41. The van der Waals surface area contributed by atoms with Gasteiger partial charge in [-0.2, -0.15) is 0 Å². The van der Waals surface area contributed by atoms with Crippen LogP contribution in [0, 0.1) is 5.92 Å². The van der Waals surface area contributed by atoms with E-state index in [1.807, 2.05) is 0 Å². The summed E-state index contributed by atoms with van der Waals surface area (Å²) in [6.07, 6.45) is 4.90. The van der Waals surface area contributed by atoms with E-state index in [9.17, 15) is 0 Å². The Balaban J connectivity index is 4.13. The van der Waals surface area contributed by atoms with Crippen molar-refractivity contribution in [3.63, 3.8) is 0 Å². The van der Waals surface area contributed by atoms with E-state index in [2.05, 4.69) is 40.1 Å². The molecule has 92 valence electrons. The van der Waals surface area contributed by atoms with E-state index in [4.69, 9.17) is 4.74 Å². The average molecular weight is 215 g/mol. The van der Waals surface area contributed by atoms with E-state index in [-0.39, 0.29) is 5.60 Å². The van der Waals surface area contributed by atoms with E-state index in [0.29, 0.717) is 6.04 Å². The van der Waals surface area contributed by atoms with E-state index in [1.165, 1.54) is 19.3 Å². The van der Waals surface area contributed by atoms with E-state index >= 15 is 0 Å². The lowest BCUT2D eigenvalue weighted by Crippen LogP contribution is -2.37.